The van der Waals surface area contributed by atoms with Gasteiger partial charge < -0.3 is 25.2 Å². The summed E-state index contributed by atoms with van der Waals surface area (Å²) < 4.78 is 12.6. The van der Waals surface area contributed by atoms with Crippen molar-refractivity contribution < 1.29 is 14.6 Å². The standard InChI is InChI=1S/C20H31N5O3.HI/c1-6-21-19(23-14-20(3,26)16-12-24-25(4)13-16)22-11-15-8-9-17(27-5)18(10-15)28-7-2;/h8-10,12-13,26H,6-7,11,14H2,1-5H3,(H2,21,22,23);1H. The van der Waals surface area contributed by atoms with Crippen molar-refractivity contribution in [3.8, 4) is 11.5 Å². The molecule has 8 nitrogen and oxygen atoms in total. The molecule has 0 aliphatic rings. The van der Waals surface area contributed by atoms with E-state index in [2.05, 4.69) is 20.7 Å². The first-order chi connectivity index (χ1) is 13.4. The van der Waals surface area contributed by atoms with Crippen molar-refractivity contribution in [1.82, 2.24) is 20.4 Å². The number of halogens is 1. The van der Waals surface area contributed by atoms with Crippen LogP contribution in [-0.2, 0) is 19.2 Å². The van der Waals surface area contributed by atoms with Gasteiger partial charge >= 0.3 is 0 Å². The van der Waals surface area contributed by atoms with E-state index in [4.69, 9.17) is 9.47 Å². The molecular weight excluding hydrogens is 485 g/mol. The van der Waals surface area contributed by atoms with Crippen LogP contribution in [0.25, 0.3) is 0 Å². The third kappa shape index (κ3) is 7.39. The van der Waals surface area contributed by atoms with Crippen molar-refractivity contribution in [2.24, 2.45) is 12.0 Å². The zero-order valence-corrected chi connectivity index (χ0v) is 20.1. The summed E-state index contributed by atoms with van der Waals surface area (Å²) in [6.45, 7) is 7.73. The van der Waals surface area contributed by atoms with E-state index in [0.717, 1.165) is 11.1 Å². The van der Waals surface area contributed by atoms with Gasteiger partial charge in [-0.25, -0.2) is 4.99 Å². The molecule has 0 spiro atoms. The number of hydrogen-bond donors (Lipinski definition) is 3. The van der Waals surface area contributed by atoms with Gasteiger partial charge in [0.1, 0.15) is 5.60 Å². The van der Waals surface area contributed by atoms with Gasteiger partial charge in [0.2, 0.25) is 0 Å². The van der Waals surface area contributed by atoms with Crippen LogP contribution in [-0.4, -0.2) is 47.7 Å². The molecule has 2 rings (SSSR count). The van der Waals surface area contributed by atoms with Crippen LogP contribution < -0.4 is 20.1 Å². The Bertz CT molecular complexity index is 792. The lowest BCUT2D eigenvalue weighted by atomic mass is 10.00. The minimum Gasteiger partial charge on any atom is -0.493 e. The van der Waals surface area contributed by atoms with Gasteiger partial charge in [0.25, 0.3) is 0 Å². The minimum atomic E-state index is -1.06. The summed E-state index contributed by atoms with van der Waals surface area (Å²) in [5, 5.41) is 21.2. The number of aryl methyl sites for hydroxylation is 1. The van der Waals surface area contributed by atoms with Crippen molar-refractivity contribution >= 4 is 29.9 Å². The summed E-state index contributed by atoms with van der Waals surface area (Å²) in [5.41, 5.74) is 0.683. The fourth-order valence-electron chi connectivity index (χ4n) is 2.66. The monoisotopic (exact) mass is 517 g/mol. The highest BCUT2D eigenvalue weighted by atomic mass is 127. The lowest BCUT2D eigenvalue weighted by Crippen LogP contribution is -2.44. The number of aliphatic hydroxyl groups is 1. The predicted octanol–water partition coefficient (Wildman–Crippen LogP) is 2.41. The number of methoxy groups -OCH3 is 1. The summed E-state index contributed by atoms with van der Waals surface area (Å²) in [6.07, 6.45) is 3.47. The third-order valence-electron chi connectivity index (χ3n) is 4.22. The average Bonchev–Trinajstić information content (AvgIpc) is 3.12. The van der Waals surface area contributed by atoms with Crippen LogP contribution in [0.1, 0.15) is 31.9 Å². The minimum absolute atomic E-state index is 0. The zero-order valence-electron chi connectivity index (χ0n) is 17.7. The number of nitrogens with zero attached hydrogens (tertiary/aromatic N) is 3. The number of aromatic nitrogens is 2. The highest BCUT2D eigenvalue weighted by molar-refractivity contribution is 14.0. The second-order valence-corrected chi connectivity index (χ2v) is 6.64. The van der Waals surface area contributed by atoms with Crippen molar-refractivity contribution in [3.05, 3.63) is 41.7 Å². The summed E-state index contributed by atoms with van der Waals surface area (Å²) >= 11 is 0. The van der Waals surface area contributed by atoms with Gasteiger partial charge in [-0.15, -0.1) is 24.0 Å². The maximum absolute atomic E-state index is 10.7. The molecule has 3 N–H and O–H groups in total. The second kappa shape index (κ2) is 11.9. The molecule has 162 valence electrons. The molecule has 0 radical (unpaired) electrons. The smallest absolute Gasteiger partial charge is 0.191 e. The number of ether oxygens (including phenoxy) is 2. The highest BCUT2D eigenvalue weighted by Gasteiger charge is 2.25. The Balaban J connectivity index is 0.00000420. The van der Waals surface area contributed by atoms with E-state index in [-0.39, 0.29) is 24.0 Å². The lowest BCUT2D eigenvalue weighted by molar-refractivity contribution is 0.0616. The molecule has 2 aromatic rings. The summed E-state index contributed by atoms with van der Waals surface area (Å²) in [5.74, 6) is 2.03. The normalized spacial score (nSPS) is 13.2. The predicted molar refractivity (Wildman–Crippen MR) is 125 cm³/mol. The molecule has 1 aromatic carbocycles. The van der Waals surface area contributed by atoms with Gasteiger partial charge in [-0.3, -0.25) is 4.68 Å². The lowest BCUT2D eigenvalue weighted by Gasteiger charge is -2.23. The van der Waals surface area contributed by atoms with Crippen LogP contribution >= 0.6 is 24.0 Å². The van der Waals surface area contributed by atoms with Crippen molar-refractivity contribution in [3.63, 3.8) is 0 Å². The van der Waals surface area contributed by atoms with Gasteiger partial charge in [0.05, 0.1) is 33.0 Å². The molecular formula is C20H32IN5O3. The third-order valence-corrected chi connectivity index (χ3v) is 4.22. The Kier molecular flexibility index (Phi) is 10.2. The van der Waals surface area contributed by atoms with Crippen molar-refractivity contribution in [2.75, 3.05) is 26.8 Å². The second-order valence-electron chi connectivity index (χ2n) is 6.64. The quantitative estimate of drug-likeness (QED) is 0.269. The maximum Gasteiger partial charge on any atom is 0.191 e. The molecule has 29 heavy (non-hydrogen) atoms. The van der Waals surface area contributed by atoms with Gasteiger partial charge in [-0.2, -0.15) is 5.10 Å². The number of rotatable bonds is 9. The number of nitrogens with one attached hydrogen (secondary N) is 2. The van der Waals surface area contributed by atoms with Gasteiger partial charge in [0, 0.05) is 25.4 Å². The van der Waals surface area contributed by atoms with E-state index >= 15 is 0 Å². The van der Waals surface area contributed by atoms with Gasteiger partial charge in [-0.1, -0.05) is 6.07 Å². The van der Waals surface area contributed by atoms with Crippen LogP contribution in [0.4, 0.5) is 0 Å². The van der Waals surface area contributed by atoms with E-state index in [0.29, 0.717) is 43.7 Å². The Morgan fingerprint density at radius 1 is 1.28 bits per heavy atom. The first-order valence-electron chi connectivity index (χ1n) is 9.43. The van der Waals surface area contributed by atoms with E-state index in [1.54, 1.807) is 31.1 Å². The topological polar surface area (TPSA) is 92.9 Å². The number of benzene rings is 1. The van der Waals surface area contributed by atoms with Crippen LogP contribution in [0.5, 0.6) is 11.5 Å². The number of guanidine groups is 1. The van der Waals surface area contributed by atoms with Crippen LogP contribution in [0.3, 0.4) is 0 Å². The summed E-state index contributed by atoms with van der Waals surface area (Å²) in [7, 11) is 3.45. The van der Waals surface area contributed by atoms with Crippen molar-refractivity contribution in [2.45, 2.75) is 32.9 Å². The van der Waals surface area contributed by atoms with E-state index < -0.39 is 5.60 Å². The molecule has 0 amide bonds. The Labute approximate surface area is 189 Å². The maximum atomic E-state index is 10.7. The molecule has 0 saturated heterocycles. The van der Waals surface area contributed by atoms with Crippen LogP contribution in [0, 0.1) is 0 Å². The highest BCUT2D eigenvalue weighted by Crippen LogP contribution is 2.28. The molecule has 1 heterocycles. The van der Waals surface area contributed by atoms with E-state index in [9.17, 15) is 5.11 Å². The summed E-state index contributed by atoms with van der Waals surface area (Å²) in [6, 6.07) is 5.77. The van der Waals surface area contributed by atoms with Crippen LogP contribution in [0.15, 0.2) is 35.6 Å². The molecule has 9 heteroatoms. The molecule has 1 atom stereocenters. The SMILES string of the molecule is CCNC(=NCc1ccc(OC)c(OCC)c1)NCC(C)(O)c1cnn(C)c1.I. The first-order valence-corrected chi connectivity index (χ1v) is 9.43. The zero-order chi connectivity index (χ0) is 20.6. The van der Waals surface area contributed by atoms with Gasteiger partial charge in [-0.05, 0) is 38.5 Å². The molecule has 0 aliphatic heterocycles. The fourth-order valence-corrected chi connectivity index (χ4v) is 2.66. The van der Waals surface area contributed by atoms with Crippen molar-refractivity contribution in [1.29, 1.82) is 0 Å². The molecule has 0 saturated carbocycles. The number of hydrogen-bond acceptors (Lipinski definition) is 5. The molecule has 0 fully saturated rings. The Hall–Kier alpha value is -2.01. The first kappa shape index (κ1) is 25.0. The largest absolute Gasteiger partial charge is 0.493 e. The fraction of sp³-hybridized carbons (Fsp3) is 0.500. The van der Waals surface area contributed by atoms with Gasteiger partial charge in [0.15, 0.2) is 17.5 Å². The average molecular weight is 517 g/mol. The van der Waals surface area contributed by atoms with E-state index in [1.165, 1.54) is 0 Å². The van der Waals surface area contributed by atoms with Crippen LogP contribution in [0.2, 0.25) is 0 Å². The van der Waals surface area contributed by atoms with E-state index in [1.807, 2.05) is 39.1 Å². The molecule has 1 unspecified atom stereocenters. The Morgan fingerprint density at radius 2 is 2.03 bits per heavy atom. The molecule has 0 aliphatic carbocycles. The number of aliphatic imine (C=N–C) groups is 1. The summed E-state index contributed by atoms with van der Waals surface area (Å²) in [4.78, 5) is 4.61. The Morgan fingerprint density at radius 3 is 2.62 bits per heavy atom. The molecule has 0 bridgehead atoms. The molecule has 1 aromatic heterocycles.